The predicted molar refractivity (Wildman–Crippen MR) is 52.0 cm³/mol. The number of aliphatic hydroxyl groups is 1. The van der Waals surface area contributed by atoms with Crippen LogP contribution in [0.25, 0.3) is 0 Å². The van der Waals surface area contributed by atoms with E-state index in [1.807, 2.05) is 0 Å². The zero-order valence-electron chi connectivity index (χ0n) is 9.06. The van der Waals surface area contributed by atoms with Gasteiger partial charge in [-0.25, -0.2) is 0 Å². The normalized spacial score (nSPS) is 15.5. The molecule has 15 heavy (non-hydrogen) atoms. The van der Waals surface area contributed by atoms with Crippen molar-refractivity contribution in [2.45, 2.75) is 32.5 Å². The SMILES string of the molecule is CC(C)(C)OC(=O)[C@H](C(=O)O)[C@@H](O)CN. The van der Waals surface area contributed by atoms with Crippen LogP contribution in [-0.4, -0.2) is 40.4 Å². The molecule has 88 valence electrons. The van der Waals surface area contributed by atoms with Crippen LogP contribution < -0.4 is 5.73 Å². The highest BCUT2D eigenvalue weighted by Crippen LogP contribution is 2.14. The van der Waals surface area contributed by atoms with Crippen molar-refractivity contribution in [3.8, 4) is 0 Å². The topological polar surface area (TPSA) is 110 Å². The Morgan fingerprint density at radius 3 is 2.13 bits per heavy atom. The van der Waals surface area contributed by atoms with Gasteiger partial charge in [-0.2, -0.15) is 0 Å². The average molecular weight is 219 g/mol. The zero-order chi connectivity index (χ0) is 12.2. The number of hydrogen-bond donors (Lipinski definition) is 3. The molecule has 2 atom stereocenters. The van der Waals surface area contributed by atoms with E-state index >= 15 is 0 Å². The summed E-state index contributed by atoms with van der Waals surface area (Å²) < 4.78 is 4.85. The van der Waals surface area contributed by atoms with E-state index in [0.717, 1.165) is 0 Å². The first kappa shape index (κ1) is 13.9. The van der Waals surface area contributed by atoms with E-state index < -0.39 is 29.6 Å². The number of ether oxygens (including phenoxy) is 1. The molecule has 0 bridgehead atoms. The summed E-state index contributed by atoms with van der Waals surface area (Å²) >= 11 is 0. The van der Waals surface area contributed by atoms with Crippen molar-refractivity contribution in [3.05, 3.63) is 0 Å². The van der Waals surface area contributed by atoms with Gasteiger partial charge in [0.1, 0.15) is 5.60 Å². The van der Waals surface area contributed by atoms with E-state index in [9.17, 15) is 14.7 Å². The fourth-order valence-corrected chi connectivity index (χ4v) is 0.924. The van der Waals surface area contributed by atoms with Crippen LogP contribution in [0.15, 0.2) is 0 Å². The number of hydrogen-bond acceptors (Lipinski definition) is 5. The minimum Gasteiger partial charge on any atom is -0.481 e. The number of rotatable bonds is 4. The largest absolute Gasteiger partial charge is 0.481 e. The second-order valence-corrected chi connectivity index (χ2v) is 4.15. The van der Waals surface area contributed by atoms with Crippen molar-refractivity contribution in [3.63, 3.8) is 0 Å². The lowest BCUT2D eigenvalue weighted by Gasteiger charge is -2.23. The van der Waals surface area contributed by atoms with Gasteiger partial charge in [0.25, 0.3) is 0 Å². The van der Waals surface area contributed by atoms with Crippen LogP contribution in [0.4, 0.5) is 0 Å². The van der Waals surface area contributed by atoms with Crippen LogP contribution in [0.1, 0.15) is 20.8 Å². The summed E-state index contributed by atoms with van der Waals surface area (Å²) in [6.45, 7) is 4.52. The quantitative estimate of drug-likeness (QED) is 0.428. The van der Waals surface area contributed by atoms with Crippen LogP contribution in [-0.2, 0) is 14.3 Å². The van der Waals surface area contributed by atoms with Crippen molar-refractivity contribution in [1.82, 2.24) is 0 Å². The molecule has 0 aromatic carbocycles. The molecule has 0 aromatic heterocycles. The molecular formula is C9H17NO5. The van der Waals surface area contributed by atoms with E-state index in [1.54, 1.807) is 20.8 Å². The molecule has 0 heterocycles. The van der Waals surface area contributed by atoms with Gasteiger partial charge in [0, 0.05) is 6.54 Å². The molecule has 0 aliphatic carbocycles. The highest BCUT2D eigenvalue weighted by molar-refractivity contribution is 5.94. The van der Waals surface area contributed by atoms with Crippen molar-refractivity contribution in [2.24, 2.45) is 11.7 Å². The van der Waals surface area contributed by atoms with Crippen molar-refractivity contribution in [2.75, 3.05) is 6.54 Å². The van der Waals surface area contributed by atoms with Gasteiger partial charge in [-0.15, -0.1) is 0 Å². The minimum absolute atomic E-state index is 0.309. The maximum atomic E-state index is 11.4. The third kappa shape index (κ3) is 4.75. The Hall–Kier alpha value is -1.14. The van der Waals surface area contributed by atoms with Crippen LogP contribution in [0.5, 0.6) is 0 Å². The number of carboxylic acids is 1. The summed E-state index contributed by atoms with van der Waals surface area (Å²) in [5, 5.41) is 18.0. The van der Waals surface area contributed by atoms with Gasteiger partial charge in [0.15, 0.2) is 5.92 Å². The maximum Gasteiger partial charge on any atom is 0.323 e. The monoisotopic (exact) mass is 219 g/mol. The first-order valence-electron chi connectivity index (χ1n) is 4.53. The lowest BCUT2D eigenvalue weighted by Crippen LogP contribution is -2.42. The summed E-state index contributed by atoms with van der Waals surface area (Å²) in [4.78, 5) is 22.1. The molecule has 6 nitrogen and oxygen atoms in total. The fraction of sp³-hybridized carbons (Fsp3) is 0.778. The van der Waals surface area contributed by atoms with Gasteiger partial charge >= 0.3 is 11.9 Å². The Labute approximate surface area is 88.0 Å². The van der Waals surface area contributed by atoms with Gasteiger partial charge in [-0.3, -0.25) is 9.59 Å². The second kappa shape index (κ2) is 5.09. The highest BCUT2D eigenvalue weighted by Gasteiger charge is 2.36. The first-order chi connectivity index (χ1) is 6.69. The molecule has 0 fully saturated rings. The van der Waals surface area contributed by atoms with Gasteiger partial charge in [0.2, 0.25) is 0 Å². The number of aliphatic hydroxyl groups excluding tert-OH is 1. The van der Waals surface area contributed by atoms with Crippen molar-refractivity contribution < 1.29 is 24.5 Å². The van der Waals surface area contributed by atoms with E-state index in [2.05, 4.69) is 0 Å². The first-order valence-corrected chi connectivity index (χ1v) is 4.53. The standard InChI is InChI=1S/C9H17NO5/c1-9(2,3)15-8(14)6(7(12)13)5(11)4-10/h5-6,11H,4,10H2,1-3H3,(H,12,13)/t5-,6-/m0/s1. The number of carboxylic acid groups (broad SMARTS) is 1. The molecule has 0 aliphatic rings. The van der Waals surface area contributed by atoms with Gasteiger partial charge < -0.3 is 20.7 Å². The Balaban J connectivity index is 4.65. The predicted octanol–water partition coefficient (Wildman–Crippen LogP) is -0.651. The summed E-state index contributed by atoms with van der Waals surface area (Å²) in [6, 6.07) is 0. The van der Waals surface area contributed by atoms with Crippen LogP contribution in [0, 0.1) is 5.92 Å². The molecule has 6 heteroatoms. The van der Waals surface area contributed by atoms with Crippen LogP contribution in [0.3, 0.4) is 0 Å². The Morgan fingerprint density at radius 1 is 1.40 bits per heavy atom. The molecular weight excluding hydrogens is 202 g/mol. The summed E-state index contributed by atoms with van der Waals surface area (Å²) in [5.74, 6) is -4.05. The molecule has 0 spiro atoms. The molecule has 0 rings (SSSR count). The van der Waals surface area contributed by atoms with E-state index in [-0.39, 0.29) is 6.54 Å². The van der Waals surface area contributed by atoms with Crippen molar-refractivity contribution in [1.29, 1.82) is 0 Å². The number of aliphatic carboxylic acids is 1. The lowest BCUT2D eigenvalue weighted by atomic mass is 10.0. The third-order valence-electron chi connectivity index (χ3n) is 1.55. The van der Waals surface area contributed by atoms with Gasteiger partial charge in [-0.05, 0) is 20.8 Å². The molecule has 0 saturated heterocycles. The summed E-state index contributed by atoms with van der Waals surface area (Å²) in [7, 11) is 0. The molecule has 0 radical (unpaired) electrons. The molecule has 4 N–H and O–H groups in total. The van der Waals surface area contributed by atoms with Gasteiger partial charge in [-0.1, -0.05) is 0 Å². The van der Waals surface area contributed by atoms with E-state index in [0.29, 0.717) is 0 Å². The van der Waals surface area contributed by atoms with E-state index in [1.165, 1.54) is 0 Å². The van der Waals surface area contributed by atoms with E-state index in [4.69, 9.17) is 15.6 Å². The molecule has 0 unspecified atom stereocenters. The average Bonchev–Trinajstić information content (AvgIpc) is 1.99. The third-order valence-corrected chi connectivity index (χ3v) is 1.55. The summed E-state index contributed by atoms with van der Waals surface area (Å²) in [5.41, 5.74) is 4.30. The number of esters is 1. The molecule has 0 aromatic rings. The fourth-order valence-electron chi connectivity index (χ4n) is 0.924. The Bertz CT molecular complexity index is 245. The maximum absolute atomic E-state index is 11.4. The Morgan fingerprint density at radius 2 is 1.87 bits per heavy atom. The molecule has 0 aliphatic heterocycles. The smallest absolute Gasteiger partial charge is 0.323 e. The van der Waals surface area contributed by atoms with Crippen molar-refractivity contribution >= 4 is 11.9 Å². The highest BCUT2D eigenvalue weighted by atomic mass is 16.6. The Kier molecular flexibility index (Phi) is 4.70. The molecule has 0 saturated carbocycles. The zero-order valence-corrected chi connectivity index (χ0v) is 9.06. The summed E-state index contributed by atoms with van der Waals surface area (Å²) in [6.07, 6.45) is -1.43. The lowest BCUT2D eigenvalue weighted by molar-refractivity contribution is -0.171. The van der Waals surface area contributed by atoms with Crippen LogP contribution >= 0.6 is 0 Å². The van der Waals surface area contributed by atoms with Crippen LogP contribution in [0.2, 0.25) is 0 Å². The second-order valence-electron chi connectivity index (χ2n) is 4.15. The number of carbonyl (C=O) groups is 2. The number of carbonyl (C=O) groups excluding carboxylic acids is 1. The molecule has 0 amide bonds. The van der Waals surface area contributed by atoms with Gasteiger partial charge in [0.05, 0.1) is 6.10 Å². The minimum atomic E-state index is -1.63. The number of nitrogens with two attached hydrogens (primary N) is 1.